The zero-order valence-electron chi connectivity index (χ0n) is 5.53. The Morgan fingerprint density at radius 3 is 1.50 bits per heavy atom. The summed E-state index contributed by atoms with van der Waals surface area (Å²) in [4.78, 5) is 0.898. The molecule has 0 saturated carbocycles. The Bertz CT molecular complexity index is 75.7. The number of halogens is 4. The second-order valence-electron chi connectivity index (χ2n) is 2.00. The number of hydrogen-bond acceptors (Lipinski definition) is 1. The number of rotatable bonds is 4. The number of alkyl halides is 4. The molecule has 10 heavy (non-hydrogen) atoms. The molecule has 0 unspecified atom stereocenters. The van der Waals surface area contributed by atoms with Gasteiger partial charge in [0.1, 0.15) is 0 Å². The van der Waals surface area contributed by atoms with Gasteiger partial charge in [-0.05, 0) is 7.05 Å². The van der Waals surface area contributed by atoms with Crippen LogP contribution in [0.1, 0.15) is 0 Å². The molecule has 0 rings (SSSR count). The van der Waals surface area contributed by atoms with Crippen LogP contribution in [0.25, 0.3) is 0 Å². The first kappa shape index (κ1) is 9.68. The van der Waals surface area contributed by atoms with Gasteiger partial charge in [-0.25, -0.2) is 17.6 Å². The summed E-state index contributed by atoms with van der Waals surface area (Å²) in [5.41, 5.74) is 0. The van der Waals surface area contributed by atoms with Crippen molar-refractivity contribution in [1.82, 2.24) is 4.90 Å². The van der Waals surface area contributed by atoms with Gasteiger partial charge in [-0.15, -0.1) is 0 Å². The summed E-state index contributed by atoms with van der Waals surface area (Å²) in [6.07, 6.45) is -5.08. The standard InChI is InChI=1S/C5H9F4N/c1-10(2-4(6)7)3-5(8)9/h4-5H,2-3H2,1H3. The van der Waals surface area contributed by atoms with E-state index in [0.29, 0.717) is 0 Å². The van der Waals surface area contributed by atoms with Crippen LogP contribution in [0.2, 0.25) is 0 Å². The van der Waals surface area contributed by atoms with Crippen LogP contribution in [-0.2, 0) is 0 Å². The fourth-order valence-electron chi connectivity index (χ4n) is 0.546. The minimum absolute atomic E-state index is 0.593. The summed E-state index contributed by atoms with van der Waals surface area (Å²) < 4.78 is 45.8. The molecule has 0 aliphatic carbocycles. The zero-order valence-corrected chi connectivity index (χ0v) is 5.53. The van der Waals surface area contributed by atoms with Crippen molar-refractivity contribution >= 4 is 0 Å². The maximum atomic E-state index is 11.4. The van der Waals surface area contributed by atoms with Gasteiger partial charge in [0.05, 0.1) is 13.1 Å². The van der Waals surface area contributed by atoms with Crippen molar-refractivity contribution < 1.29 is 17.6 Å². The molecule has 1 nitrogen and oxygen atoms in total. The Morgan fingerprint density at radius 2 is 1.30 bits per heavy atom. The molecule has 0 aromatic carbocycles. The van der Waals surface area contributed by atoms with Crippen LogP contribution in [0.15, 0.2) is 0 Å². The van der Waals surface area contributed by atoms with E-state index in [9.17, 15) is 17.6 Å². The van der Waals surface area contributed by atoms with Crippen molar-refractivity contribution in [2.24, 2.45) is 0 Å². The molecule has 0 atom stereocenters. The molecule has 62 valence electrons. The highest BCUT2D eigenvalue weighted by molar-refractivity contribution is 4.53. The minimum Gasteiger partial charge on any atom is -0.295 e. The van der Waals surface area contributed by atoms with Gasteiger partial charge >= 0.3 is 0 Å². The summed E-state index contributed by atoms with van der Waals surface area (Å²) in [7, 11) is 1.23. The lowest BCUT2D eigenvalue weighted by Crippen LogP contribution is -2.29. The highest BCUT2D eigenvalue weighted by Gasteiger charge is 2.11. The Morgan fingerprint density at radius 1 is 1.00 bits per heavy atom. The van der Waals surface area contributed by atoms with Crippen molar-refractivity contribution in [2.45, 2.75) is 12.9 Å². The van der Waals surface area contributed by atoms with Gasteiger partial charge in [-0.2, -0.15) is 0 Å². The van der Waals surface area contributed by atoms with Gasteiger partial charge in [0.15, 0.2) is 0 Å². The van der Waals surface area contributed by atoms with Crippen LogP contribution in [0.5, 0.6) is 0 Å². The molecule has 0 aromatic rings. The second kappa shape index (κ2) is 4.49. The molecule has 0 fully saturated rings. The SMILES string of the molecule is CN(CC(F)F)CC(F)F. The highest BCUT2D eigenvalue weighted by atomic mass is 19.3. The normalized spacial score (nSPS) is 12.0. The van der Waals surface area contributed by atoms with Crippen molar-refractivity contribution in [1.29, 1.82) is 0 Å². The van der Waals surface area contributed by atoms with E-state index in [-0.39, 0.29) is 0 Å². The van der Waals surface area contributed by atoms with E-state index < -0.39 is 25.9 Å². The molecular weight excluding hydrogens is 150 g/mol. The average molecular weight is 159 g/mol. The lowest BCUT2D eigenvalue weighted by molar-refractivity contribution is 0.0560. The monoisotopic (exact) mass is 159 g/mol. The highest BCUT2D eigenvalue weighted by Crippen LogP contribution is 1.99. The molecule has 0 spiro atoms. The molecular formula is C5H9F4N. The largest absolute Gasteiger partial charge is 0.295 e. The van der Waals surface area contributed by atoms with E-state index >= 15 is 0 Å². The predicted octanol–water partition coefficient (Wildman–Crippen LogP) is 1.45. The Kier molecular flexibility index (Phi) is 4.34. The topological polar surface area (TPSA) is 3.24 Å². The number of hydrogen-bond donors (Lipinski definition) is 0. The first-order chi connectivity index (χ1) is 4.52. The third kappa shape index (κ3) is 5.81. The molecule has 0 amide bonds. The van der Waals surface area contributed by atoms with Gasteiger partial charge in [-0.3, -0.25) is 4.90 Å². The van der Waals surface area contributed by atoms with E-state index in [0.717, 1.165) is 4.90 Å². The van der Waals surface area contributed by atoms with Crippen molar-refractivity contribution in [3.8, 4) is 0 Å². The summed E-state index contributed by atoms with van der Waals surface area (Å²) in [5.74, 6) is 0. The Hall–Kier alpha value is -0.320. The molecule has 0 radical (unpaired) electrons. The average Bonchev–Trinajstić information content (AvgIpc) is 1.58. The Balaban J connectivity index is 3.34. The summed E-state index contributed by atoms with van der Waals surface area (Å²) in [6, 6.07) is 0. The first-order valence-electron chi connectivity index (χ1n) is 2.77. The molecule has 0 bridgehead atoms. The van der Waals surface area contributed by atoms with E-state index in [2.05, 4.69) is 0 Å². The third-order valence-corrected chi connectivity index (χ3v) is 0.899. The maximum Gasteiger partial charge on any atom is 0.251 e. The zero-order chi connectivity index (χ0) is 8.15. The van der Waals surface area contributed by atoms with Crippen LogP contribution in [-0.4, -0.2) is 37.9 Å². The predicted molar refractivity (Wildman–Crippen MR) is 29.5 cm³/mol. The second-order valence-corrected chi connectivity index (χ2v) is 2.00. The molecule has 5 heteroatoms. The van der Waals surface area contributed by atoms with Crippen LogP contribution in [0, 0.1) is 0 Å². The lowest BCUT2D eigenvalue weighted by Gasteiger charge is -2.14. The minimum atomic E-state index is -2.54. The van der Waals surface area contributed by atoms with Crippen LogP contribution in [0.3, 0.4) is 0 Å². The van der Waals surface area contributed by atoms with Crippen LogP contribution in [0.4, 0.5) is 17.6 Å². The lowest BCUT2D eigenvalue weighted by atomic mass is 10.5. The van der Waals surface area contributed by atoms with Gasteiger partial charge < -0.3 is 0 Å². The summed E-state index contributed by atoms with van der Waals surface area (Å²) in [5, 5.41) is 0. The third-order valence-electron chi connectivity index (χ3n) is 0.899. The molecule has 0 N–H and O–H groups in total. The smallest absolute Gasteiger partial charge is 0.251 e. The van der Waals surface area contributed by atoms with Crippen molar-refractivity contribution in [3.05, 3.63) is 0 Å². The van der Waals surface area contributed by atoms with E-state index in [1.165, 1.54) is 7.05 Å². The van der Waals surface area contributed by atoms with Gasteiger partial charge in [0.2, 0.25) is 0 Å². The summed E-state index contributed by atoms with van der Waals surface area (Å²) >= 11 is 0. The Labute approximate surface area is 56.6 Å². The van der Waals surface area contributed by atoms with Crippen LogP contribution >= 0.6 is 0 Å². The van der Waals surface area contributed by atoms with E-state index in [1.54, 1.807) is 0 Å². The maximum absolute atomic E-state index is 11.4. The molecule has 0 heterocycles. The molecule has 0 aromatic heterocycles. The van der Waals surface area contributed by atoms with E-state index in [4.69, 9.17) is 0 Å². The molecule has 0 aliphatic rings. The number of nitrogens with zero attached hydrogens (tertiary/aromatic N) is 1. The quantitative estimate of drug-likeness (QED) is 0.561. The fraction of sp³-hybridized carbons (Fsp3) is 1.00. The first-order valence-corrected chi connectivity index (χ1v) is 2.77. The van der Waals surface area contributed by atoms with E-state index in [1.807, 2.05) is 0 Å². The molecule has 0 aliphatic heterocycles. The van der Waals surface area contributed by atoms with Crippen molar-refractivity contribution in [2.75, 3.05) is 20.1 Å². The van der Waals surface area contributed by atoms with Crippen LogP contribution < -0.4 is 0 Å². The molecule has 0 saturated heterocycles. The van der Waals surface area contributed by atoms with Gasteiger partial charge in [0, 0.05) is 0 Å². The van der Waals surface area contributed by atoms with Crippen molar-refractivity contribution in [3.63, 3.8) is 0 Å². The van der Waals surface area contributed by atoms with Gasteiger partial charge in [-0.1, -0.05) is 0 Å². The van der Waals surface area contributed by atoms with Gasteiger partial charge in [0.25, 0.3) is 12.9 Å². The fourth-order valence-corrected chi connectivity index (χ4v) is 0.546. The summed E-state index contributed by atoms with van der Waals surface area (Å²) in [6.45, 7) is -1.19.